The quantitative estimate of drug-likeness (QED) is 0.648. The molecule has 1 aliphatic rings. The molecule has 0 spiro atoms. The monoisotopic (exact) mass is 290 g/mol. The van der Waals surface area contributed by atoms with Crippen LogP contribution >= 0.6 is 0 Å². The van der Waals surface area contributed by atoms with Crippen molar-refractivity contribution in [2.24, 2.45) is 0 Å². The molecule has 2 rings (SSSR count). The van der Waals surface area contributed by atoms with Gasteiger partial charge in [-0.3, -0.25) is 0 Å². The van der Waals surface area contributed by atoms with E-state index in [9.17, 15) is 0 Å². The Morgan fingerprint density at radius 3 is 3.00 bits per heavy atom. The van der Waals surface area contributed by atoms with Crippen molar-refractivity contribution in [3.8, 4) is 0 Å². The summed E-state index contributed by atoms with van der Waals surface area (Å²) in [6, 6.07) is 6.87. The van der Waals surface area contributed by atoms with Gasteiger partial charge in [-0.05, 0) is 62.4 Å². The molecule has 0 aliphatic carbocycles. The standard InChI is InChI=1S/C18H30N2O/c1-2-3-13-21-14-5-10-19-12-9-16-7-8-18-17(15-16)6-4-11-20-18/h7-8,15,19-20H,2-6,9-14H2,1H3. The zero-order chi connectivity index (χ0) is 14.8. The van der Waals surface area contributed by atoms with Crippen LogP contribution in [0.3, 0.4) is 0 Å². The summed E-state index contributed by atoms with van der Waals surface area (Å²) in [5, 5.41) is 6.97. The van der Waals surface area contributed by atoms with E-state index in [0.29, 0.717) is 0 Å². The van der Waals surface area contributed by atoms with Crippen LogP contribution in [0.1, 0.15) is 43.7 Å². The molecule has 1 aromatic carbocycles. The molecule has 0 fully saturated rings. The third-order valence-electron chi connectivity index (χ3n) is 3.98. The summed E-state index contributed by atoms with van der Waals surface area (Å²) in [5.41, 5.74) is 4.27. The maximum atomic E-state index is 5.55. The van der Waals surface area contributed by atoms with Crippen LogP contribution in [0.15, 0.2) is 18.2 Å². The molecule has 2 N–H and O–H groups in total. The molecular weight excluding hydrogens is 260 g/mol. The number of rotatable bonds is 10. The molecule has 1 aromatic rings. The van der Waals surface area contributed by atoms with Crippen molar-refractivity contribution in [3.63, 3.8) is 0 Å². The van der Waals surface area contributed by atoms with Gasteiger partial charge in [0, 0.05) is 25.4 Å². The van der Waals surface area contributed by atoms with Crippen LogP contribution in [0.25, 0.3) is 0 Å². The van der Waals surface area contributed by atoms with Gasteiger partial charge in [0.2, 0.25) is 0 Å². The lowest BCUT2D eigenvalue weighted by Gasteiger charge is -2.18. The minimum atomic E-state index is 0.886. The van der Waals surface area contributed by atoms with Gasteiger partial charge >= 0.3 is 0 Å². The van der Waals surface area contributed by atoms with E-state index in [4.69, 9.17) is 4.74 Å². The molecular formula is C18H30N2O. The van der Waals surface area contributed by atoms with Crippen LogP contribution in [0, 0.1) is 0 Å². The zero-order valence-electron chi connectivity index (χ0n) is 13.4. The third-order valence-corrected chi connectivity index (χ3v) is 3.98. The van der Waals surface area contributed by atoms with Gasteiger partial charge in [-0.2, -0.15) is 0 Å². The summed E-state index contributed by atoms with van der Waals surface area (Å²) >= 11 is 0. The van der Waals surface area contributed by atoms with Crippen LogP contribution in [0.2, 0.25) is 0 Å². The highest BCUT2D eigenvalue weighted by Gasteiger charge is 2.08. The van der Waals surface area contributed by atoms with E-state index in [1.54, 1.807) is 0 Å². The van der Waals surface area contributed by atoms with E-state index in [2.05, 4.69) is 35.8 Å². The fraction of sp³-hybridized carbons (Fsp3) is 0.667. The highest BCUT2D eigenvalue weighted by molar-refractivity contribution is 5.54. The molecule has 0 saturated carbocycles. The van der Waals surface area contributed by atoms with Crippen molar-refractivity contribution in [2.45, 2.75) is 45.4 Å². The number of aryl methyl sites for hydroxylation is 1. The van der Waals surface area contributed by atoms with Crippen LogP contribution in [-0.2, 0) is 17.6 Å². The number of benzene rings is 1. The lowest BCUT2D eigenvalue weighted by atomic mass is 9.99. The lowest BCUT2D eigenvalue weighted by Crippen LogP contribution is -2.20. The number of ether oxygens (including phenoxy) is 1. The first-order valence-electron chi connectivity index (χ1n) is 8.54. The van der Waals surface area contributed by atoms with Gasteiger partial charge in [0.05, 0.1) is 0 Å². The Hall–Kier alpha value is -1.06. The predicted molar refractivity (Wildman–Crippen MR) is 90.2 cm³/mol. The average molecular weight is 290 g/mol. The summed E-state index contributed by atoms with van der Waals surface area (Å²) in [7, 11) is 0. The van der Waals surface area contributed by atoms with Crippen molar-refractivity contribution < 1.29 is 4.74 Å². The zero-order valence-corrected chi connectivity index (χ0v) is 13.4. The van der Waals surface area contributed by atoms with E-state index in [0.717, 1.165) is 45.7 Å². The molecule has 118 valence electrons. The number of hydrogen-bond donors (Lipinski definition) is 2. The lowest BCUT2D eigenvalue weighted by molar-refractivity contribution is 0.129. The molecule has 3 heteroatoms. The van der Waals surface area contributed by atoms with Crippen molar-refractivity contribution in [3.05, 3.63) is 29.3 Å². The van der Waals surface area contributed by atoms with Crippen molar-refractivity contribution in [1.29, 1.82) is 0 Å². The maximum absolute atomic E-state index is 5.55. The predicted octanol–water partition coefficient (Wildman–Crippen LogP) is 3.38. The Labute approximate surface area is 129 Å². The highest BCUT2D eigenvalue weighted by Crippen LogP contribution is 2.22. The van der Waals surface area contributed by atoms with Gasteiger partial charge in [-0.1, -0.05) is 25.5 Å². The third kappa shape index (κ3) is 6.06. The normalized spacial score (nSPS) is 13.8. The smallest absolute Gasteiger partial charge is 0.0478 e. The van der Waals surface area contributed by atoms with Gasteiger partial charge < -0.3 is 15.4 Å². The Morgan fingerprint density at radius 2 is 2.10 bits per heavy atom. The molecule has 0 radical (unpaired) electrons. The van der Waals surface area contributed by atoms with Crippen LogP contribution in [-0.4, -0.2) is 32.8 Å². The number of hydrogen-bond acceptors (Lipinski definition) is 3. The van der Waals surface area contributed by atoms with Crippen molar-refractivity contribution in [1.82, 2.24) is 5.32 Å². The highest BCUT2D eigenvalue weighted by atomic mass is 16.5. The summed E-state index contributed by atoms with van der Waals surface area (Å²) in [5.74, 6) is 0. The van der Waals surface area contributed by atoms with E-state index in [1.165, 1.54) is 42.5 Å². The summed E-state index contributed by atoms with van der Waals surface area (Å²) in [6.45, 7) is 7.23. The molecule has 0 aromatic heterocycles. The second-order valence-electron chi connectivity index (χ2n) is 5.84. The SMILES string of the molecule is CCCCOCCCNCCc1ccc2c(c1)CCCN2. The fourth-order valence-electron chi connectivity index (χ4n) is 2.69. The second kappa shape index (κ2) is 9.80. The largest absolute Gasteiger partial charge is 0.385 e. The topological polar surface area (TPSA) is 33.3 Å². The van der Waals surface area contributed by atoms with E-state index < -0.39 is 0 Å². The van der Waals surface area contributed by atoms with Gasteiger partial charge in [-0.15, -0.1) is 0 Å². The summed E-state index contributed by atoms with van der Waals surface area (Å²) < 4.78 is 5.55. The number of unbranched alkanes of at least 4 members (excludes halogenated alkanes) is 1. The molecule has 0 amide bonds. The first-order chi connectivity index (χ1) is 10.4. The van der Waals surface area contributed by atoms with Crippen LogP contribution < -0.4 is 10.6 Å². The molecule has 1 aliphatic heterocycles. The molecule has 3 nitrogen and oxygen atoms in total. The molecule has 0 bridgehead atoms. The molecule has 0 atom stereocenters. The Balaban J connectivity index is 1.54. The number of anilines is 1. The molecule has 1 heterocycles. The second-order valence-corrected chi connectivity index (χ2v) is 5.84. The first kappa shape index (κ1) is 16.3. The minimum Gasteiger partial charge on any atom is -0.385 e. The molecule has 0 unspecified atom stereocenters. The Bertz CT molecular complexity index is 406. The van der Waals surface area contributed by atoms with E-state index >= 15 is 0 Å². The summed E-state index contributed by atoms with van der Waals surface area (Å²) in [6.07, 6.45) is 7.10. The Kier molecular flexibility index (Phi) is 7.61. The van der Waals surface area contributed by atoms with Crippen molar-refractivity contribution in [2.75, 3.05) is 38.2 Å². The van der Waals surface area contributed by atoms with Crippen molar-refractivity contribution >= 4 is 5.69 Å². The fourth-order valence-corrected chi connectivity index (χ4v) is 2.69. The summed E-state index contributed by atoms with van der Waals surface area (Å²) in [4.78, 5) is 0. The Morgan fingerprint density at radius 1 is 1.19 bits per heavy atom. The molecule has 21 heavy (non-hydrogen) atoms. The van der Waals surface area contributed by atoms with E-state index in [1.807, 2.05) is 0 Å². The molecule has 0 saturated heterocycles. The van der Waals surface area contributed by atoms with Crippen LogP contribution in [0.4, 0.5) is 5.69 Å². The van der Waals surface area contributed by atoms with E-state index in [-0.39, 0.29) is 0 Å². The first-order valence-corrected chi connectivity index (χ1v) is 8.54. The average Bonchev–Trinajstić information content (AvgIpc) is 2.53. The van der Waals surface area contributed by atoms with Gasteiger partial charge in [0.25, 0.3) is 0 Å². The minimum absolute atomic E-state index is 0.886. The van der Waals surface area contributed by atoms with Gasteiger partial charge in [-0.25, -0.2) is 0 Å². The maximum Gasteiger partial charge on any atom is 0.0478 e. The van der Waals surface area contributed by atoms with Gasteiger partial charge in [0.15, 0.2) is 0 Å². The van der Waals surface area contributed by atoms with Crippen LogP contribution in [0.5, 0.6) is 0 Å². The van der Waals surface area contributed by atoms with Gasteiger partial charge in [0.1, 0.15) is 0 Å². The number of fused-ring (bicyclic) bond motifs is 1. The number of nitrogens with one attached hydrogen (secondary N) is 2.